The molecule has 0 aliphatic carbocycles. The van der Waals surface area contributed by atoms with E-state index < -0.39 is 0 Å². The van der Waals surface area contributed by atoms with E-state index in [4.69, 9.17) is 26.3 Å². The Hall–Kier alpha value is -2.84. The first-order valence-electron chi connectivity index (χ1n) is 11.4. The van der Waals surface area contributed by atoms with Crippen molar-refractivity contribution in [2.75, 3.05) is 24.6 Å². The van der Waals surface area contributed by atoms with Crippen LogP contribution < -0.4 is 9.64 Å². The maximum atomic E-state index is 13.6. The van der Waals surface area contributed by atoms with Crippen LogP contribution in [0.1, 0.15) is 34.1 Å². The van der Waals surface area contributed by atoms with Gasteiger partial charge in [-0.2, -0.15) is 0 Å². The summed E-state index contributed by atoms with van der Waals surface area (Å²) in [7, 11) is 0. The number of amides is 1. The fourth-order valence-corrected chi connectivity index (χ4v) is 5.80. The summed E-state index contributed by atoms with van der Waals surface area (Å²) in [5.74, 6) is 2.04. The number of hydrogen-bond donors (Lipinski definition) is 0. The molecule has 0 radical (unpaired) electrons. The molecule has 2 aromatic carbocycles. The average molecular weight is 541 g/mol. The fourth-order valence-electron chi connectivity index (χ4n) is 5.02. The summed E-state index contributed by atoms with van der Waals surface area (Å²) in [6.07, 6.45) is 1.66. The number of guanidine groups is 1. The van der Waals surface area contributed by atoms with Gasteiger partial charge in [0.05, 0.1) is 30.8 Å². The third kappa shape index (κ3) is 3.51. The zero-order chi connectivity index (χ0) is 23.4. The van der Waals surface area contributed by atoms with Gasteiger partial charge in [-0.15, -0.1) is 0 Å². The summed E-state index contributed by atoms with van der Waals surface area (Å²) in [6, 6.07) is 14.4. The Bertz CT molecular complexity index is 1320. The maximum absolute atomic E-state index is 13.6. The predicted octanol–water partition coefficient (Wildman–Crippen LogP) is 4.55. The highest BCUT2D eigenvalue weighted by atomic mass is 79.9. The van der Waals surface area contributed by atoms with Gasteiger partial charge in [-0.05, 0) is 52.0 Å². The van der Waals surface area contributed by atoms with Crippen LogP contribution in [0.5, 0.6) is 5.75 Å². The van der Waals surface area contributed by atoms with Crippen LogP contribution in [0.25, 0.3) is 0 Å². The molecule has 9 heteroatoms. The summed E-state index contributed by atoms with van der Waals surface area (Å²) in [4.78, 5) is 27.2. The van der Waals surface area contributed by atoms with Gasteiger partial charge >= 0.3 is 0 Å². The van der Waals surface area contributed by atoms with E-state index in [0.29, 0.717) is 53.5 Å². The van der Waals surface area contributed by atoms with E-state index in [1.807, 2.05) is 35.8 Å². The molecule has 3 aliphatic heterocycles. The third-order valence-electron chi connectivity index (χ3n) is 6.55. The van der Waals surface area contributed by atoms with Gasteiger partial charge in [0.1, 0.15) is 5.75 Å². The minimum atomic E-state index is -0.0818. The number of imidazole rings is 1. The van der Waals surface area contributed by atoms with Crippen molar-refractivity contribution >= 4 is 45.2 Å². The van der Waals surface area contributed by atoms with Crippen molar-refractivity contribution in [2.24, 2.45) is 4.99 Å². The van der Waals surface area contributed by atoms with Crippen molar-refractivity contribution in [2.45, 2.75) is 32.4 Å². The molecule has 0 N–H and O–H groups in total. The van der Waals surface area contributed by atoms with Crippen LogP contribution in [0.15, 0.2) is 52.2 Å². The molecule has 3 aromatic rings. The van der Waals surface area contributed by atoms with Crippen LogP contribution in [-0.2, 0) is 19.4 Å². The van der Waals surface area contributed by atoms with Gasteiger partial charge in [0.25, 0.3) is 5.91 Å². The van der Waals surface area contributed by atoms with E-state index in [2.05, 4.69) is 39.0 Å². The number of anilines is 1. The van der Waals surface area contributed by atoms with Crippen molar-refractivity contribution in [3.63, 3.8) is 0 Å². The Balaban J connectivity index is 1.35. The molecule has 174 valence electrons. The number of aliphatic imine (C=N–C) groups is 1. The van der Waals surface area contributed by atoms with E-state index >= 15 is 0 Å². The molecular formula is C25H23BrClN5O2. The van der Waals surface area contributed by atoms with Gasteiger partial charge in [0.2, 0.25) is 5.96 Å². The fraction of sp³-hybridized carbons (Fsp3) is 0.320. The molecule has 6 rings (SSSR count). The Labute approximate surface area is 211 Å². The van der Waals surface area contributed by atoms with E-state index in [9.17, 15) is 4.79 Å². The highest BCUT2D eigenvalue weighted by Crippen LogP contribution is 2.37. The molecule has 1 amide bonds. The van der Waals surface area contributed by atoms with Gasteiger partial charge in [0, 0.05) is 13.0 Å². The Morgan fingerprint density at radius 3 is 2.82 bits per heavy atom. The number of nitrogens with zero attached hydrogens (tertiary/aromatic N) is 5. The van der Waals surface area contributed by atoms with Gasteiger partial charge in [-0.25, -0.2) is 9.98 Å². The quantitative estimate of drug-likeness (QED) is 0.477. The second-order valence-corrected chi connectivity index (χ2v) is 9.85. The summed E-state index contributed by atoms with van der Waals surface area (Å²) >= 11 is 10.1. The number of carbonyl (C=O) groups is 1. The first-order chi connectivity index (χ1) is 16.5. The minimum Gasteiger partial charge on any atom is -0.491 e. The van der Waals surface area contributed by atoms with Crippen molar-refractivity contribution in [3.05, 3.63) is 74.6 Å². The average Bonchev–Trinajstić information content (AvgIpc) is 3.53. The van der Waals surface area contributed by atoms with Crippen LogP contribution in [-0.4, -0.2) is 52.1 Å². The van der Waals surface area contributed by atoms with E-state index in [1.165, 1.54) is 5.56 Å². The monoisotopic (exact) mass is 539 g/mol. The summed E-state index contributed by atoms with van der Waals surface area (Å²) in [6.45, 7) is 4.33. The maximum Gasteiger partial charge on any atom is 0.281 e. The lowest BCUT2D eigenvalue weighted by atomic mass is 10.1. The molecular weight excluding hydrogens is 518 g/mol. The molecule has 0 saturated heterocycles. The van der Waals surface area contributed by atoms with E-state index in [-0.39, 0.29) is 11.9 Å². The molecule has 0 saturated carbocycles. The number of hydrogen-bond acceptors (Lipinski definition) is 5. The SMILES string of the molecule is CCN1C(=O)c2c(nc(Br)n2Cc2cc(Cl)c3c(c2)CCO3)N2C[C@@H](Cc3ccccc3)N=C12. The molecule has 3 aliphatic rings. The lowest BCUT2D eigenvalue weighted by Gasteiger charge is -2.33. The molecule has 0 spiro atoms. The van der Waals surface area contributed by atoms with Crippen molar-refractivity contribution in [1.82, 2.24) is 14.5 Å². The van der Waals surface area contributed by atoms with Crippen LogP contribution >= 0.6 is 27.5 Å². The second kappa shape index (κ2) is 8.43. The zero-order valence-corrected chi connectivity index (χ0v) is 21.0. The molecule has 7 nitrogen and oxygen atoms in total. The van der Waals surface area contributed by atoms with Crippen LogP contribution in [0.2, 0.25) is 5.02 Å². The number of halogens is 2. The zero-order valence-electron chi connectivity index (χ0n) is 18.7. The summed E-state index contributed by atoms with van der Waals surface area (Å²) in [5, 5.41) is 0.606. The lowest BCUT2D eigenvalue weighted by Crippen LogP contribution is -2.50. The lowest BCUT2D eigenvalue weighted by molar-refractivity contribution is 0.0836. The Kier molecular flexibility index (Phi) is 5.37. The molecule has 34 heavy (non-hydrogen) atoms. The molecule has 4 heterocycles. The number of rotatable bonds is 5. The smallest absolute Gasteiger partial charge is 0.281 e. The Morgan fingerprint density at radius 1 is 1.21 bits per heavy atom. The van der Waals surface area contributed by atoms with E-state index in [1.54, 1.807) is 4.90 Å². The number of aromatic nitrogens is 2. The first-order valence-corrected chi connectivity index (χ1v) is 12.6. The Morgan fingerprint density at radius 2 is 2.03 bits per heavy atom. The van der Waals surface area contributed by atoms with E-state index in [0.717, 1.165) is 29.7 Å². The molecule has 0 unspecified atom stereocenters. The number of fused-ring (bicyclic) bond motifs is 4. The van der Waals surface area contributed by atoms with Gasteiger partial charge in [-0.1, -0.05) is 48.0 Å². The summed E-state index contributed by atoms with van der Waals surface area (Å²) in [5.41, 5.74) is 3.91. The van der Waals surface area contributed by atoms with Crippen molar-refractivity contribution in [1.29, 1.82) is 0 Å². The second-order valence-electron chi connectivity index (χ2n) is 8.74. The van der Waals surface area contributed by atoms with Crippen molar-refractivity contribution in [3.8, 4) is 5.75 Å². The minimum absolute atomic E-state index is 0.0599. The number of ether oxygens (including phenoxy) is 1. The molecule has 1 atom stereocenters. The van der Waals surface area contributed by atoms with Crippen LogP contribution in [0.3, 0.4) is 0 Å². The van der Waals surface area contributed by atoms with Crippen LogP contribution in [0.4, 0.5) is 5.82 Å². The van der Waals surface area contributed by atoms with Gasteiger partial charge < -0.3 is 9.30 Å². The van der Waals surface area contributed by atoms with Gasteiger partial charge in [-0.3, -0.25) is 14.6 Å². The largest absolute Gasteiger partial charge is 0.491 e. The van der Waals surface area contributed by atoms with Crippen molar-refractivity contribution < 1.29 is 9.53 Å². The third-order valence-corrected chi connectivity index (χ3v) is 7.44. The first kappa shape index (κ1) is 21.7. The van der Waals surface area contributed by atoms with Gasteiger partial charge in [0.15, 0.2) is 16.2 Å². The molecule has 1 aromatic heterocycles. The number of carbonyl (C=O) groups excluding carboxylic acids is 1. The summed E-state index contributed by atoms with van der Waals surface area (Å²) < 4.78 is 8.18. The molecule has 0 fully saturated rings. The van der Waals surface area contributed by atoms with Crippen LogP contribution in [0, 0.1) is 0 Å². The topological polar surface area (TPSA) is 63.0 Å². The number of benzene rings is 2. The highest BCUT2D eigenvalue weighted by Gasteiger charge is 2.43. The normalized spacial score (nSPS) is 18.5. The highest BCUT2D eigenvalue weighted by molar-refractivity contribution is 9.10. The molecule has 0 bridgehead atoms. The standard InChI is InChI=1S/C25H23BrClN5O2/c1-2-30-23(33)20-22(32-14-18(28-25(30)32)11-15-6-4-3-5-7-15)29-24(26)31(20)13-16-10-17-8-9-34-21(17)19(27)12-16/h3-7,10,12,18H,2,8-9,11,13-14H2,1H3/t18-/m1/s1. The predicted molar refractivity (Wildman–Crippen MR) is 135 cm³/mol.